The summed E-state index contributed by atoms with van der Waals surface area (Å²) < 4.78 is 10.5. The van der Waals surface area contributed by atoms with Gasteiger partial charge in [-0.1, -0.05) is 35.0 Å². The second kappa shape index (κ2) is 7.93. The van der Waals surface area contributed by atoms with Gasteiger partial charge in [0, 0.05) is 11.1 Å². The zero-order valence-electron chi connectivity index (χ0n) is 15.6. The summed E-state index contributed by atoms with van der Waals surface area (Å²) in [5.41, 5.74) is 8.83. The Labute approximate surface area is 165 Å². The minimum absolute atomic E-state index is 0.0218. The molecule has 0 aliphatic heterocycles. The predicted molar refractivity (Wildman–Crippen MR) is 106 cm³/mol. The molecule has 0 aliphatic rings. The van der Waals surface area contributed by atoms with Crippen LogP contribution in [-0.2, 0) is 22.6 Å². The summed E-state index contributed by atoms with van der Waals surface area (Å²) in [4.78, 5) is 24.5. The number of nitrogens with two attached hydrogens (primary N) is 1. The van der Waals surface area contributed by atoms with E-state index in [1.54, 1.807) is 6.07 Å². The number of aromatic nitrogens is 4. The lowest BCUT2D eigenvalue weighted by molar-refractivity contribution is -0.144. The fourth-order valence-corrected chi connectivity index (χ4v) is 2.72. The molecular formula is C20H18N6O3. The standard InChI is InChI=1S/C20H18N6O3/c1-12-6-8-13(9-7-12)22-20-24-17(23-19(21)25-20)11-28-18(27)10-15-14-4-2-3-5-16(14)29-26-15/h2-9H,10-11H2,1H3,(H3,21,22,23,24,25). The van der Waals surface area contributed by atoms with E-state index in [9.17, 15) is 4.79 Å². The van der Waals surface area contributed by atoms with Crippen molar-refractivity contribution in [2.75, 3.05) is 11.1 Å². The molecule has 9 nitrogen and oxygen atoms in total. The Kier molecular flexibility index (Phi) is 5.02. The molecule has 0 aliphatic carbocycles. The smallest absolute Gasteiger partial charge is 0.312 e. The van der Waals surface area contributed by atoms with E-state index in [2.05, 4.69) is 25.4 Å². The van der Waals surface area contributed by atoms with E-state index < -0.39 is 5.97 Å². The molecule has 2 aromatic heterocycles. The average molecular weight is 390 g/mol. The van der Waals surface area contributed by atoms with Crippen molar-refractivity contribution in [3.8, 4) is 0 Å². The SMILES string of the molecule is Cc1ccc(Nc2nc(N)nc(COC(=O)Cc3noc4ccccc34)n2)cc1. The summed E-state index contributed by atoms with van der Waals surface area (Å²) in [7, 11) is 0. The van der Waals surface area contributed by atoms with Crippen LogP contribution in [0.3, 0.4) is 0 Å². The van der Waals surface area contributed by atoms with Crippen molar-refractivity contribution < 1.29 is 14.1 Å². The number of nitrogens with one attached hydrogen (secondary N) is 1. The molecule has 9 heteroatoms. The molecule has 4 aromatic rings. The molecule has 0 fully saturated rings. The second-order valence-electron chi connectivity index (χ2n) is 6.39. The van der Waals surface area contributed by atoms with Crippen LogP contribution >= 0.6 is 0 Å². The van der Waals surface area contributed by atoms with E-state index in [1.165, 1.54) is 0 Å². The minimum atomic E-state index is -0.476. The van der Waals surface area contributed by atoms with Crippen LogP contribution < -0.4 is 11.1 Å². The van der Waals surface area contributed by atoms with E-state index in [0.29, 0.717) is 11.3 Å². The maximum absolute atomic E-state index is 12.2. The lowest BCUT2D eigenvalue weighted by Gasteiger charge is -2.08. The number of hydrogen-bond donors (Lipinski definition) is 2. The first kappa shape index (κ1) is 18.4. The van der Waals surface area contributed by atoms with Crippen molar-refractivity contribution in [2.24, 2.45) is 0 Å². The fourth-order valence-electron chi connectivity index (χ4n) is 2.72. The lowest BCUT2D eigenvalue weighted by Crippen LogP contribution is -2.12. The molecule has 0 unspecified atom stereocenters. The third-order valence-electron chi connectivity index (χ3n) is 4.13. The van der Waals surface area contributed by atoms with Gasteiger partial charge < -0.3 is 20.3 Å². The van der Waals surface area contributed by atoms with Crippen molar-refractivity contribution in [3.05, 3.63) is 65.6 Å². The van der Waals surface area contributed by atoms with Gasteiger partial charge in [0.05, 0.1) is 6.42 Å². The number of carbonyl (C=O) groups is 1. The number of hydrogen-bond acceptors (Lipinski definition) is 9. The van der Waals surface area contributed by atoms with Gasteiger partial charge in [-0.15, -0.1) is 0 Å². The number of anilines is 3. The molecule has 146 valence electrons. The Morgan fingerprint density at radius 2 is 1.90 bits per heavy atom. The Morgan fingerprint density at radius 3 is 2.72 bits per heavy atom. The van der Waals surface area contributed by atoms with Crippen LogP contribution in [0.5, 0.6) is 0 Å². The summed E-state index contributed by atoms with van der Waals surface area (Å²) in [5.74, 6) is 0.0691. The number of nitrogens with zero attached hydrogens (tertiary/aromatic N) is 4. The quantitative estimate of drug-likeness (QED) is 0.477. The largest absolute Gasteiger partial charge is 0.457 e. The molecule has 29 heavy (non-hydrogen) atoms. The van der Waals surface area contributed by atoms with Crippen LogP contribution in [0.25, 0.3) is 11.0 Å². The molecule has 0 saturated heterocycles. The first-order valence-corrected chi connectivity index (χ1v) is 8.90. The zero-order valence-corrected chi connectivity index (χ0v) is 15.6. The van der Waals surface area contributed by atoms with E-state index >= 15 is 0 Å². The summed E-state index contributed by atoms with van der Waals surface area (Å²) >= 11 is 0. The molecule has 0 spiro atoms. The van der Waals surface area contributed by atoms with E-state index in [-0.39, 0.29) is 30.7 Å². The van der Waals surface area contributed by atoms with Crippen LogP contribution in [-0.4, -0.2) is 26.1 Å². The van der Waals surface area contributed by atoms with Crippen LogP contribution in [0.2, 0.25) is 0 Å². The van der Waals surface area contributed by atoms with E-state index in [4.69, 9.17) is 15.0 Å². The van der Waals surface area contributed by atoms with Gasteiger partial charge in [0.1, 0.15) is 5.69 Å². The van der Waals surface area contributed by atoms with Gasteiger partial charge in [0.25, 0.3) is 0 Å². The summed E-state index contributed by atoms with van der Waals surface area (Å²) in [6.07, 6.45) is -0.0218. The Balaban J connectivity index is 1.40. The molecule has 3 N–H and O–H groups in total. The molecule has 0 radical (unpaired) electrons. The van der Waals surface area contributed by atoms with Gasteiger partial charge in [-0.3, -0.25) is 4.79 Å². The van der Waals surface area contributed by atoms with Gasteiger partial charge in [-0.05, 0) is 31.2 Å². The Morgan fingerprint density at radius 1 is 1.10 bits per heavy atom. The number of carbonyl (C=O) groups excluding carboxylic acids is 1. The normalized spacial score (nSPS) is 10.8. The molecule has 0 atom stereocenters. The molecule has 4 rings (SSSR count). The van der Waals surface area contributed by atoms with Gasteiger partial charge in [-0.2, -0.15) is 15.0 Å². The van der Waals surface area contributed by atoms with Gasteiger partial charge in [-0.25, -0.2) is 0 Å². The third kappa shape index (κ3) is 4.46. The zero-order chi connectivity index (χ0) is 20.2. The summed E-state index contributed by atoms with van der Waals surface area (Å²) in [6, 6.07) is 15.0. The van der Waals surface area contributed by atoms with Gasteiger partial charge in [0.2, 0.25) is 11.9 Å². The number of aryl methyl sites for hydroxylation is 1. The molecule has 2 heterocycles. The number of esters is 1. The van der Waals surface area contributed by atoms with Gasteiger partial charge in [0.15, 0.2) is 18.0 Å². The number of ether oxygens (including phenoxy) is 1. The highest BCUT2D eigenvalue weighted by atomic mass is 16.5. The van der Waals surface area contributed by atoms with Crippen molar-refractivity contribution >= 4 is 34.5 Å². The predicted octanol–water partition coefficient (Wildman–Crippen LogP) is 2.93. The van der Waals surface area contributed by atoms with Gasteiger partial charge >= 0.3 is 5.97 Å². The Bertz CT molecular complexity index is 1160. The molecular weight excluding hydrogens is 372 g/mol. The van der Waals surface area contributed by atoms with Crippen LogP contribution in [0.4, 0.5) is 17.6 Å². The van der Waals surface area contributed by atoms with E-state index in [0.717, 1.165) is 16.6 Å². The summed E-state index contributed by atoms with van der Waals surface area (Å²) in [6.45, 7) is 1.86. The maximum Gasteiger partial charge on any atom is 0.312 e. The number of para-hydroxylation sites is 1. The molecule has 2 aromatic carbocycles. The average Bonchev–Trinajstić information content (AvgIpc) is 3.11. The van der Waals surface area contributed by atoms with Crippen LogP contribution in [0.15, 0.2) is 53.1 Å². The van der Waals surface area contributed by atoms with Crippen molar-refractivity contribution in [2.45, 2.75) is 20.0 Å². The van der Waals surface area contributed by atoms with Crippen molar-refractivity contribution in [3.63, 3.8) is 0 Å². The molecule has 0 saturated carbocycles. The topological polar surface area (TPSA) is 129 Å². The molecule has 0 amide bonds. The second-order valence-corrected chi connectivity index (χ2v) is 6.39. The fraction of sp³-hybridized carbons (Fsp3) is 0.150. The van der Waals surface area contributed by atoms with Crippen LogP contribution in [0, 0.1) is 6.92 Å². The minimum Gasteiger partial charge on any atom is -0.457 e. The highest BCUT2D eigenvalue weighted by Crippen LogP contribution is 2.19. The van der Waals surface area contributed by atoms with Crippen molar-refractivity contribution in [1.82, 2.24) is 20.1 Å². The molecule has 0 bridgehead atoms. The first-order valence-electron chi connectivity index (χ1n) is 8.90. The highest BCUT2D eigenvalue weighted by Gasteiger charge is 2.14. The monoisotopic (exact) mass is 390 g/mol. The first-order chi connectivity index (χ1) is 14.1. The number of benzene rings is 2. The summed E-state index contributed by atoms with van der Waals surface area (Å²) in [5, 5.41) is 7.75. The van der Waals surface area contributed by atoms with Crippen LogP contribution in [0.1, 0.15) is 17.1 Å². The van der Waals surface area contributed by atoms with E-state index in [1.807, 2.05) is 49.4 Å². The highest BCUT2D eigenvalue weighted by molar-refractivity contribution is 5.84. The maximum atomic E-state index is 12.2. The lowest BCUT2D eigenvalue weighted by atomic mass is 10.2. The number of rotatable bonds is 6. The van der Waals surface area contributed by atoms with Crippen molar-refractivity contribution in [1.29, 1.82) is 0 Å². The number of nitrogen functional groups attached to an aromatic ring is 1. The number of fused-ring (bicyclic) bond motifs is 1. The third-order valence-corrected chi connectivity index (χ3v) is 4.13. The Hall–Kier alpha value is -4.01.